The van der Waals surface area contributed by atoms with E-state index in [0.717, 1.165) is 12.2 Å². The molecule has 2 aromatic rings. The molecule has 6 nitrogen and oxygen atoms in total. The first-order valence-electron chi connectivity index (χ1n) is 8.77. The first-order chi connectivity index (χ1) is 13.1. The Morgan fingerprint density at radius 2 is 1.70 bits per heavy atom. The van der Waals surface area contributed by atoms with Gasteiger partial charge in [0.1, 0.15) is 11.5 Å². The lowest BCUT2D eigenvalue weighted by Crippen LogP contribution is -2.26. The van der Waals surface area contributed by atoms with Crippen molar-refractivity contribution in [2.45, 2.75) is 13.3 Å². The van der Waals surface area contributed by atoms with E-state index >= 15 is 0 Å². The Morgan fingerprint density at radius 1 is 1.04 bits per heavy atom. The third-order valence-electron chi connectivity index (χ3n) is 3.52. The summed E-state index contributed by atoms with van der Waals surface area (Å²) in [5, 5.41) is 5.39. The van der Waals surface area contributed by atoms with Crippen LogP contribution in [0, 0.1) is 0 Å². The largest absolute Gasteiger partial charge is 0.494 e. The topological polar surface area (TPSA) is 76.7 Å². The normalized spacial score (nSPS) is 9.96. The van der Waals surface area contributed by atoms with Crippen LogP contribution in [-0.4, -0.2) is 31.6 Å². The molecule has 2 amide bonds. The van der Waals surface area contributed by atoms with Crippen molar-refractivity contribution in [3.63, 3.8) is 0 Å². The van der Waals surface area contributed by atoms with E-state index in [-0.39, 0.29) is 18.4 Å². The number of carbonyl (C=O) groups is 2. The second kappa shape index (κ2) is 10.7. The Balaban J connectivity index is 1.90. The van der Waals surface area contributed by atoms with Gasteiger partial charge in [-0.25, -0.2) is 0 Å². The molecule has 0 atom stereocenters. The fraction of sp³-hybridized carbons (Fsp3) is 0.238. The van der Waals surface area contributed by atoms with E-state index in [2.05, 4.69) is 17.2 Å². The highest BCUT2D eigenvalue weighted by molar-refractivity contribution is 6.04. The SMILES string of the molecule is C=CCNC(=O)c1ccccc1NC(=O)COc1ccc(OCCC)cc1. The molecule has 0 aromatic heterocycles. The van der Waals surface area contributed by atoms with E-state index in [9.17, 15) is 9.59 Å². The molecule has 27 heavy (non-hydrogen) atoms. The standard InChI is InChI=1S/C21H24N2O4/c1-3-13-22-21(25)18-7-5-6-8-19(18)23-20(24)15-27-17-11-9-16(10-12-17)26-14-4-2/h3,5-12H,1,4,13-15H2,2H3,(H,22,25)(H,23,24). The first kappa shape index (κ1) is 20.0. The molecule has 0 heterocycles. The lowest BCUT2D eigenvalue weighted by Gasteiger charge is -2.12. The summed E-state index contributed by atoms with van der Waals surface area (Å²) in [6.07, 6.45) is 2.52. The van der Waals surface area contributed by atoms with Gasteiger partial charge in [-0.1, -0.05) is 25.1 Å². The minimum absolute atomic E-state index is 0.169. The highest BCUT2D eigenvalue weighted by atomic mass is 16.5. The van der Waals surface area contributed by atoms with Gasteiger partial charge in [-0.15, -0.1) is 6.58 Å². The Morgan fingerprint density at radius 3 is 2.37 bits per heavy atom. The van der Waals surface area contributed by atoms with Crippen LogP contribution in [0.15, 0.2) is 61.2 Å². The highest BCUT2D eigenvalue weighted by Crippen LogP contribution is 2.18. The molecule has 2 aromatic carbocycles. The van der Waals surface area contributed by atoms with E-state index < -0.39 is 0 Å². The number of amides is 2. The maximum atomic E-state index is 12.2. The molecule has 0 aliphatic heterocycles. The molecule has 2 rings (SSSR count). The summed E-state index contributed by atoms with van der Waals surface area (Å²) in [6, 6.07) is 13.9. The minimum Gasteiger partial charge on any atom is -0.494 e. The van der Waals surface area contributed by atoms with Gasteiger partial charge in [-0.2, -0.15) is 0 Å². The van der Waals surface area contributed by atoms with Gasteiger partial charge in [-0.05, 0) is 42.8 Å². The summed E-state index contributed by atoms with van der Waals surface area (Å²) < 4.78 is 11.0. The number of anilines is 1. The Labute approximate surface area is 159 Å². The zero-order chi connectivity index (χ0) is 19.5. The van der Waals surface area contributed by atoms with Crippen LogP contribution in [0.4, 0.5) is 5.69 Å². The number of carbonyl (C=O) groups excluding carboxylic acids is 2. The fourth-order valence-corrected chi connectivity index (χ4v) is 2.24. The first-order valence-corrected chi connectivity index (χ1v) is 8.77. The van der Waals surface area contributed by atoms with E-state index in [1.807, 2.05) is 6.92 Å². The maximum absolute atomic E-state index is 12.2. The van der Waals surface area contributed by atoms with Gasteiger partial charge in [0, 0.05) is 6.54 Å². The molecular formula is C21H24N2O4. The monoisotopic (exact) mass is 368 g/mol. The summed E-state index contributed by atoms with van der Waals surface area (Å²) >= 11 is 0. The van der Waals surface area contributed by atoms with Gasteiger partial charge in [0.15, 0.2) is 6.61 Å². The lowest BCUT2D eigenvalue weighted by atomic mass is 10.1. The number of ether oxygens (including phenoxy) is 2. The van der Waals surface area contributed by atoms with Crippen LogP contribution in [0.2, 0.25) is 0 Å². The molecule has 0 saturated heterocycles. The second-order valence-electron chi connectivity index (χ2n) is 5.70. The molecule has 6 heteroatoms. The zero-order valence-corrected chi connectivity index (χ0v) is 15.4. The average molecular weight is 368 g/mol. The maximum Gasteiger partial charge on any atom is 0.262 e. The predicted molar refractivity (Wildman–Crippen MR) is 105 cm³/mol. The molecule has 0 fully saturated rings. The number of hydrogen-bond donors (Lipinski definition) is 2. The molecule has 0 unspecified atom stereocenters. The van der Waals surface area contributed by atoms with Gasteiger partial charge in [0.2, 0.25) is 0 Å². The number of benzene rings is 2. The van der Waals surface area contributed by atoms with Crippen molar-refractivity contribution < 1.29 is 19.1 Å². The molecule has 2 N–H and O–H groups in total. The summed E-state index contributed by atoms with van der Waals surface area (Å²) in [6.45, 7) is 6.44. The molecule has 0 bridgehead atoms. The second-order valence-corrected chi connectivity index (χ2v) is 5.70. The number of rotatable bonds is 10. The summed E-state index contributed by atoms with van der Waals surface area (Å²) in [5.74, 6) is 0.679. The van der Waals surface area contributed by atoms with Crippen LogP contribution in [0.5, 0.6) is 11.5 Å². The van der Waals surface area contributed by atoms with Gasteiger partial charge in [0.05, 0.1) is 17.9 Å². The number of para-hydroxylation sites is 1. The molecule has 0 aliphatic rings. The van der Waals surface area contributed by atoms with Crippen molar-refractivity contribution in [1.29, 1.82) is 0 Å². The van der Waals surface area contributed by atoms with Gasteiger partial charge in [-0.3, -0.25) is 9.59 Å². The van der Waals surface area contributed by atoms with Crippen molar-refractivity contribution in [1.82, 2.24) is 5.32 Å². The van der Waals surface area contributed by atoms with Gasteiger partial charge in [0.25, 0.3) is 11.8 Å². The van der Waals surface area contributed by atoms with Crippen LogP contribution in [0.3, 0.4) is 0 Å². The van der Waals surface area contributed by atoms with Crippen molar-refractivity contribution >= 4 is 17.5 Å². The number of hydrogen-bond acceptors (Lipinski definition) is 4. The van der Waals surface area contributed by atoms with Crippen molar-refractivity contribution in [3.8, 4) is 11.5 Å². The molecule has 142 valence electrons. The molecule has 0 aliphatic carbocycles. The van der Waals surface area contributed by atoms with Crippen LogP contribution in [0.25, 0.3) is 0 Å². The Bertz CT molecular complexity index is 772. The summed E-state index contributed by atoms with van der Waals surface area (Å²) in [7, 11) is 0. The summed E-state index contributed by atoms with van der Waals surface area (Å²) in [5.41, 5.74) is 0.807. The Hall–Kier alpha value is -3.28. The van der Waals surface area contributed by atoms with Gasteiger partial charge >= 0.3 is 0 Å². The molecule has 0 saturated carbocycles. The molecular weight excluding hydrogens is 344 g/mol. The molecule has 0 radical (unpaired) electrons. The summed E-state index contributed by atoms with van der Waals surface area (Å²) in [4.78, 5) is 24.3. The van der Waals surface area contributed by atoms with Crippen molar-refractivity contribution in [2.24, 2.45) is 0 Å². The minimum atomic E-state index is -0.356. The zero-order valence-electron chi connectivity index (χ0n) is 15.4. The lowest BCUT2D eigenvalue weighted by molar-refractivity contribution is -0.118. The van der Waals surface area contributed by atoms with E-state index in [0.29, 0.717) is 30.2 Å². The third-order valence-corrected chi connectivity index (χ3v) is 3.52. The van der Waals surface area contributed by atoms with Crippen molar-refractivity contribution in [3.05, 3.63) is 66.7 Å². The smallest absolute Gasteiger partial charge is 0.262 e. The highest BCUT2D eigenvalue weighted by Gasteiger charge is 2.12. The van der Waals surface area contributed by atoms with Crippen LogP contribution in [0.1, 0.15) is 23.7 Å². The van der Waals surface area contributed by atoms with E-state index in [4.69, 9.17) is 9.47 Å². The average Bonchev–Trinajstić information content (AvgIpc) is 2.70. The van der Waals surface area contributed by atoms with E-state index in [1.165, 1.54) is 0 Å². The fourth-order valence-electron chi connectivity index (χ4n) is 2.24. The van der Waals surface area contributed by atoms with Crippen LogP contribution in [-0.2, 0) is 4.79 Å². The van der Waals surface area contributed by atoms with Crippen molar-refractivity contribution in [2.75, 3.05) is 25.1 Å². The Kier molecular flexibility index (Phi) is 7.91. The third kappa shape index (κ3) is 6.51. The quantitative estimate of drug-likeness (QED) is 0.630. The molecule has 0 spiro atoms. The number of nitrogens with one attached hydrogen (secondary N) is 2. The van der Waals surface area contributed by atoms with Gasteiger partial charge < -0.3 is 20.1 Å². The predicted octanol–water partition coefficient (Wildman–Crippen LogP) is 3.41. The van der Waals surface area contributed by atoms with Crippen LogP contribution < -0.4 is 20.1 Å². The van der Waals surface area contributed by atoms with E-state index in [1.54, 1.807) is 54.6 Å². The van der Waals surface area contributed by atoms with Crippen LogP contribution >= 0.6 is 0 Å².